The zero-order valence-corrected chi connectivity index (χ0v) is 29.4. The van der Waals surface area contributed by atoms with E-state index in [0.717, 1.165) is 36.4 Å². The fourth-order valence-electron chi connectivity index (χ4n) is 6.26. The van der Waals surface area contributed by atoms with Crippen LogP contribution in [0.1, 0.15) is 87.8 Å². The monoisotopic (exact) mass is 656 g/mol. The predicted octanol–water partition coefficient (Wildman–Crippen LogP) is 4.05. The van der Waals surface area contributed by atoms with Crippen molar-refractivity contribution < 1.29 is 29.3 Å². The first kappa shape index (κ1) is 37.2. The van der Waals surface area contributed by atoms with E-state index in [-0.39, 0.29) is 47.7 Å². The van der Waals surface area contributed by atoms with E-state index in [4.69, 9.17) is 0 Å². The minimum absolute atomic E-state index is 0.0588. The lowest BCUT2D eigenvalue weighted by Crippen LogP contribution is -2.57. The first-order valence-corrected chi connectivity index (χ1v) is 17.5. The molecule has 1 aromatic heterocycles. The molecule has 2 heterocycles. The van der Waals surface area contributed by atoms with Crippen LogP contribution >= 0.6 is 11.3 Å². The zero-order valence-electron chi connectivity index (χ0n) is 28.5. The average molecular weight is 657 g/mol. The Morgan fingerprint density at radius 1 is 1.04 bits per heavy atom. The van der Waals surface area contributed by atoms with Crippen molar-refractivity contribution >= 4 is 35.0 Å². The maximum Gasteiger partial charge on any atom is 0.317 e. The van der Waals surface area contributed by atoms with E-state index in [1.54, 1.807) is 17.2 Å². The van der Waals surface area contributed by atoms with E-state index in [2.05, 4.69) is 34.4 Å². The number of rotatable bonds is 16. The lowest BCUT2D eigenvalue weighted by Gasteiger charge is -2.37. The molecular weight excluding hydrogens is 602 g/mol. The molecule has 4 N–H and O–H groups in total. The van der Waals surface area contributed by atoms with Crippen molar-refractivity contribution in [1.82, 2.24) is 20.4 Å². The second-order valence-corrected chi connectivity index (χ2v) is 14.5. The molecule has 3 rings (SSSR count). The molecule has 1 aliphatic heterocycles. The summed E-state index contributed by atoms with van der Waals surface area (Å²) in [6, 6.07) is 8.51. The molecule has 1 aliphatic rings. The molecule has 1 saturated heterocycles. The summed E-state index contributed by atoms with van der Waals surface area (Å²) in [5.74, 6) is -1.80. The van der Waals surface area contributed by atoms with Gasteiger partial charge in [0.2, 0.25) is 16.8 Å². The molecule has 0 bridgehead atoms. The largest absolute Gasteiger partial charge is 0.481 e. The Hall–Kier alpha value is -3.31. The molecule has 0 radical (unpaired) electrons. The minimum Gasteiger partial charge on any atom is -0.481 e. The lowest BCUT2D eigenvalue weighted by atomic mass is 9.95. The van der Waals surface area contributed by atoms with Gasteiger partial charge in [0.1, 0.15) is 6.04 Å². The molecule has 1 fully saturated rings. The maximum absolute atomic E-state index is 13.8. The summed E-state index contributed by atoms with van der Waals surface area (Å²) < 4.78 is 0. The third-order valence-electron chi connectivity index (χ3n) is 9.14. The van der Waals surface area contributed by atoms with Crippen LogP contribution in [0, 0.1) is 17.8 Å². The van der Waals surface area contributed by atoms with Crippen molar-refractivity contribution in [3.05, 3.63) is 52.0 Å². The standard InChI is InChI=1S/C35H53N5O5S/c1-22(2)28(40(7)34(43)31(23(3)4)38-33(42)29-15-11-12-18-39(29)6)16-17-30-37-27(21-46-30)32(41)36-26(19-24(5)35(44)45)20-25-13-9-8-10-14-25/h8-10,13-14,21-24,26,28-29,31H,11-12,15-20H2,1-7H3,(H,36,41)(H,38,42)(H,44,45)/p+1/t24-,26+,28+,29+,31-/m0/s1. The van der Waals surface area contributed by atoms with Crippen LogP contribution < -0.4 is 15.6 Å². The van der Waals surface area contributed by atoms with E-state index in [1.165, 1.54) is 11.3 Å². The highest BCUT2D eigenvalue weighted by Crippen LogP contribution is 2.21. The first-order valence-electron chi connectivity index (χ1n) is 16.6. The fraction of sp³-hybridized carbons (Fsp3) is 0.629. The molecule has 5 atom stereocenters. The van der Waals surface area contributed by atoms with Gasteiger partial charge in [0.25, 0.3) is 5.69 Å². The summed E-state index contributed by atoms with van der Waals surface area (Å²) in [6.07, 6.45) is 5.09. The summed E-state index contributed by atoms with van der Waals surface area (Å²) in [7, 11) is 3.79. The quantitative estimate of drug-likeness (QED) is 0.250. The number of nitrogens with zero attached hydrogens (tertiary/aromatic N) is 2. The number of carboxylic acids is 1. The molecule has 0 saturated carbocycles. The molecule has 3 amide bonds. The molecule has 10 nitrogen and oxygen atoms in total. The number of carbonyl (C=O) groups excluding carboxylic acids is 3. The highest BCUT2D eigenvalue weighted by molar-refractivity contribution is 7.09. The van der Waals surface area contributed by atoms with Gasteiger partial charge in [-0.25, -0.2) is 0 Å². The Morgan fingerprint density at radius 3 is 2.35 bits per heavy atom. The number of thiazole rings is 1. The van der Waals surface area contributed by atoms with E-state index in [0.29, 0.717) is 31.4 Å². The van der Waals surface area contributed by atoms with Crippen LogP contribution in [0.25, 0.3) is 0 Å². The Bertz CT molecular complexity index is 1300. The van der Waals surface area contributed by atoms with E-state index in [9.17, 15) is 24.3 Å². The van der Waals surface area contributed by atoms with Crippen LogP contribution in [0.15, 0.2) is 35.7 Å². The van der Waals surface area contributed by atoms with Gasteiger partial charge < -0.3 is 20.6 Å². The average Bonchev–Trinajstić information content (AvgIpc) is 3.49. The topological polar surface area (TPSA) is 133 Å². The van der Waals surface area contributed by atoms with Gasteiger partial charge in [0.05, 0.1) is 17.3 Å². The van der Waals surface area contributed by atoms with Gasteiger partial charge in [0, 0.05) is 25.6 Å². The van der Waals surface area contributed by atoms with E-state index < -0.39 is 17.9 Å². The van der Waals surface area contributed by atoms with Crippen LogP contribution in [0.2, 0.25) is 0 Å². The SMILES string of the molecule is CC(C)[C@H](NC(=O)[C@H]1CCCCN1C)C(=O)N(C)[C@H](CCc1[nH+]c(C(=O)N[C@@H](Cc2ccccc2)C[C@H](C)C(=O)O)cs1)C(C)C. The number of likely N-dealkylation sites (N-methyl/N-ethyl adjacent to an activating group) is 2. The van der Waals surface area contributed by atoms with Crippen LogP contribution in [0.4, 0.5) is 0 Å². The number of amides is 3. The third kappa shape index (κ3) is 10.6. The molecular formula is C35H54N5O5S+. The molecule has 46 heavy (non-hydrogen) atoms. The number of aryl methyl sites for hydroxylation is 1. The normalized spacial score (nSPS) is 18.1. The van der Waals surface area contributed by atoms with E-state index >= 15 is 0 Å². The summed E-state index contributed by atoms with van der Waals surface area (Å²) >= 11 is 1.46. The van der Waals surface area contributed by atoms with Gasteiger partial charge in [0.15, 0.2) is 0 Å². The molecule has 0 aliphatic carbocycles. The molecule has 11 heteroatoms. The second kappa shape index (κ2) is 17.6. The van der Waals surface area contributed by atoms with Crippen LogP contribution in [-0.4, -0.2) is 83.4 Å². The number of H-pyrrole nitrogens is 1. The number of aliphatic carboxylic acids is 1. The Balaban J connectivity index is 1.64. The van der Waals surface area contributed by atoms with Crippen LogP contribution in [0.5, 0.6) is 0 Å². The number of carbonyl (C=O) groups is 4. The fourth-order valence-corrected chi connectivity index (χ4v) is 7.09. The number of aromatic nitrogens is 1. The maximum atomic E-state index is 13.8. The number of aromatic amines is 1. The van der Waals surface area contributed by atoms with Crippen molar-refractivity contribution in [2.24, 2.45) is 17.8 Å². The van der Waals surface area contributed by atoms with Crippen molar-refractivity contribution in [3.63, 3.8) is 0 Å². The molecule has 0 unspecified atom stereocenters. The summed E-state index contributed by atoms with van der Waals surface area (Å²) in [5, 5.41) is 18.3. The minimum atomic E-state index is -0.890. The van der Waals surface area contributed by atoms with Gasteiger partial charge >= 0.3 is 11.9 Å². The van der Waals surface area contributed by atoms with Crippen molar-refractivity contribution in [2.75, 3.05) is 20.6 Å². The molecule has 254 valence electrons. The molecule has 0 spiro atoms. The Labute approximate surface area is 278 Å². The second-order valence-electron chi connectivity index (χ2n) is 13.6. The Morgan fingerprint density at radius 2 is 1.74 bits per heavy atom. The highest BCUT2D eigenvalue weighted by Gasteiger charge is 2.35. The van der Waals surface area contributed by atoms with Gasteiger partial charge in [-0.3, -0.25) is 24.1 Å². The summed E-state index contributed by atoms with van der Waals surface area (Å²) in [5.41, 5.74) is 1.46. The number of hydrogen-bond donors (Lipinski definition) is 3. The molecule has 1 aromatic carbocycles. The van der Waals surface area contributed by atoms with Gasteiger partial charge in [-0.05, 0) is 63.1 Å². The van der Waals surface area contributed by atoms with Crippen molar-refractivity contribution in [1.29, 1.82) is 0 Å². The van der Waals surface area contributed by atoms with Crippen LogP contribution in [-0.2, 0) is 27.2 Å². The lowest BCUT2D eigenvalue weighted by molar-refractivity contribution is -0.386. The van der Waals surface area contributed by atoms with E-state index in [1.807, 2.05) is 58.3 Å². The molecule has 2 aromatic rings. The van der Waals surface area contributed by atoms with Gasteiger partial charge in [-0.2, -0.15) is 4.98 Å². The number of benzene rings is 1. The zero-order chi connectivity index (χ0) is 34.0. The first-order chi connectivity index (χ1) is 21.8. The van der Waals surface area contributed by atoms with Gasteiger partial charge in [-0.1, -0.05) is 82.7 Å². The summed E-state index contributed by atoms with van der Waals surface area (Å²) in [4.78, 5) is 58.9. The van der Waals surface area contributed by atoms with Gasteiger partial charge in [-0.15, -0.1) is 0 Å². The number of likely N-dealkylation sites (tertiary alicyclic amines) is 1. The summed E-state index contributed by atoms with van der Waals surface area (Å²) in [6.45, 7) is 10.7. The number of carboxylic acid groups (broad SMARTS) is 1. The third-order valence-corrected chi connectivity index (χ3v) is 10.1. The number of nitrogens with one attached hydrogen (secondary N) is 3. The number of piperidine rings is 1. The van der Waals surface area contributed by atoms with Crippen molar-refractivity contribution in [2.45, 2.75) is 104 Å². The Kier molecular flexibility index (Phi) is 14.2. The highest BCUT2D eigenvalue weighted by atomic mass is 32.1. The predicted molar refractivity (Wildman–Crippen MR) is 180 cm³/mol. The number of hydrogen-bond acceptors (Lipinski definition) is 6. The van der Waals surface area contributed by atoms with Crippen molar-refractivity contribution in [3.8, 4) is 0 Å². The van der Waals surface area contributed by atoms with Crippen LogP contribution in [0.3, 0.4) is 0 Å². The smallest absolute Gasteiger partial charge is 0.317 e.